The minimum absolute atomic E-state index is 0.148. The summed E-state index contributed by atoms with van der Waals surface area (Å²) >= 11 is 0. The first-order valence-corrected chi connectivity index (χ1v) is 11.5. The van der Waals surface area contributed by atoms with E-state index in [1.165, 1.54) is 16.8 Å². The van der Waals surface area contributed by atoms with E-state index in [1.807, 2.05) is 13.0 Å². The maximum atomic E-state index is 12.2. The summed E-state index contributed by atoms with van der Waals surface area (Å²) in [6.07, 6.45) is 8.91. The molecule has 0 saturated heterocycles. The Morgan fingerprint density at radius 3 is 2.31 bits per heavy atom. The molecule has 0 fully saturated rings. The molecule has 4 nitrogen and oxygen atoms in total. The molecular formula is C24H29NO3S. The zero-order chi connectivity index (χ0) is 20.7. The van der Waals surface area contributed by atoms with Crippen LogP contribution in [0.25, 0.3) is 0 Å². The monoisotopic (exact) mass is 411 g/mol. The molecule has 1 heterocycles. The quantitative estimate of drug-likeness (QED) is 0.465. The van der Waals surface area contributed by atoms with E-state index < -0.39 is 10.1 Å². The van der Waals surface area contributed by atoms with Gasteiger partial charge in [-0.05, 0) is 57.4 Å². The van der Waals surface area contributed by atoms with E-state index in [9.17, 15) is 8.42 Å². The number of hydrogen-bond donors (Lipinski definition) is 0. The van der Waals surface area contributed by atoms with E-state index in [-0.39, 0.29) is 11.5 Å². The third-order valence-corrected chi connectivity index (χ3v) is 6.37. The van der Waals surface area contributed by atoms with Gasteiger partial charge >= 0.3 is 0 Å². The normalized spacial score (nSPS) is 15.4. The maximum absolute atomic E-state index is 12.2. The van der Waals surface area contributed by atoms with Crippen LogP contribution in [0.15, 0.2) is 77.2 Å². The number of rotatable bonds is 7. The summed E-state index contributed by atoms with van der Waals surface area (Å²) in [5.41, 5.74) is 4.85. The van der Waals surface area contributed by atoms with Crippen LogP contribution in [-0.4, -0.2) is 28.1 Å². The molecular weight excluding hydrogens is 382 g/mol. The zero-order valence-electron chi connectivity index (χ0n) is 17.2. The fourth-order valence-electron chi connectivity index (χ4n) is 3.28. The van der Waals surface area contributed by atoms with Crippen LogP contribution in [0.5, 0.6) is 0 Å². The predicted molar refractivity (Wildman–Crippen MR) is 119 cm³/mol. The fourth-order valence-corrected chi connectivity index (χ4v) is 4.20. The molecule has 0 radical (unpaired) electrons. The summed E-state index contributed by atoms with van der Waals surface area (Å²) < 4.78 is 29.5. The summed E-state index contributed by atoms with van der Waals surface area (Å²) in [4.78, 5) is 2.61. The van der Waals surface area contributed by atoms with Crippen LogP contribution in [-0.2, 0) is 14.3 Å². The first kappa shape index (κ1) is 21.3. The Hall–Kier alpha value is -2.37. The largest absolute Gasteiger partial charge is 0.371 e. The van der Waals surface area contributed by atoms with Crippen molar-refractivity contribution >= 4 is 15.8 Å². The minimum Gasteiger partial charge on any atom is -0.371 e. The molecule has 29 heavy (non-hydrogen) atoms. The first-order valence-electron chi connectivity index (χ1n) is 10.1. The van der Waals surface area contributed by atoms with Crippen LogP contribution in [0.4, 0.5) is 5.69 Å². The number of allylic oxidation sites excluding steroid dienone is 1. The van der Waals surface area contributed by atoms with Gasteiger partial charge in [-0.15, -0.1) is 0 Å². The van der Waals surface area contributed by atoms with Crippen molar-refractivity contribution in [3.8, 4) is 0 Å². The molecule has 0 unspecified atom stereocenters. The topological polar surface area (TPSA) is 46.6 Å². The lowest BCUT2D eigenvalue weighted by molar-refractivity contribution is 0.324. The molecule has 0 spiro atoms. The van der Waals surface area contributed by atoms with Crippen molar-refractivity contribution in [1.29, 1.82) is 0 Å². The van der Waals surface area contributed by atoms with Gasteiger partial charge in [-0.3, -0.25) is 4.18 Å². The summed E-state index contributed by atoms with van der Waals surface area (Å²) in [5.74, 6) is 0. The van der Waals surface area contributed by atoms with Gasteiger partial charge in [-0.25, -0.2) is 0 Å². The van der Waals surface area contributed by atoms with Gasteiger partial charge in [-0.2, -0.15) is 8.42 Å². The highest BCUT2D eigenvalue weighted by Gasteiger charge is 2.14. The molecule has 0 bridgehead atoms. The fraction of sp³-hybridized carbons (Fsp3) is 0.333. The lowest BCUT2D eigenvalue weighted by Crippen LogP contribution is -2.24. The van der Waals surface area contributed by atoms with E-state index in [2.05, 4.69) is 48.2 Å². The average Bonchev–Trinajstić information content (AvgIpc) is 2.94. The number of anilines is 1. The molecule has 5 heteroatoms. The molecule has 0 aliphatic carbocycles. The van der Waals surface area contributed by atoms with Gasteiger partial charge in [0.05, 0.1) is 11.5 Å². The molecule has 1 aliphatic heterocycles. The number of nitrogens with zero attached hydrogens (tertiary/aromatic N) is 1. The Bertz CT molecular complexity index is 958. The van der Waals surface area contributed by atoms with E-state index in [4.69, 9.17) is 4.18 Å². The van der Waals surface area contributed by atoms with Gasteiger partial charge in [0.2, 0.25) is 0 Å². The van der Waals surface area contributed by atoms with E-state index in [0.717, 1.165) is 31.5 Å². The predicted octanol–water partition coefficient (Wildman–Crippen LogP) is 5.18. The van der Waals surface area contributed by atoms with Gasteiger partial charge in [0.1, 0.15) is 0 Å². The average molecular weight is 412 g/mol. The molecule has 0 N–H and O–H groups in total. The molecule has 154 valence electrons. The summed E-state index contributed by atoms with van der Waals surface area (Å²) in [6.45, 7) is 6.17. The maximum Gasteiger partial charge on any atom is 0.296 e. The Kier molecular flexibility index (Phi) is 7.29. The Balaban J connectivity index is 1.45. The second-order valence-electron chi connectivity index (χ2n) is 7.42. The molecule has 1 aliphatic rings. The SMILES string of the molecule is Cc1ccc(N2CCC=C(/C=C/CCOS(=O)(=O)c3ccc(C)cc3)CC2)cc1. The Labute approximate surface area is 174 Å². The smallest absolute Gasteiger partial charge is 0.296 e. The lowest BCUT2D eigenvalue weighted by Gasteiger charge is -2.22. The number of benzene rings is 2. The van der Waals surface area contributed by atoms with Gasteiger partial charge in [0.15, 0.2) is 0 Å². The van der Waals surface area contributed by atoms with Crippen molar-refractivity contribution in [2.75, 3.05) is 24.6 Å². The van der Waals surface area contributed by atoms with E-state index >= 15 is 0 Å². The van der Waals surface area contributed by atoms with Crippen molar-refractivity contribution in [3.05, 3.63) is 83.5 Å². The first-order chi connectivity index (χ1) is 13.9. The highest BCUT2D eigenvalue weighted by Crippen LogP contribution is 2.20. The van der Waals surface area contributed by atoms with Gasteiger partial charge in [0.25, 0.3) is 10.1 Å². The third-order valence-electron chi connectivity index (χ3n) is 5.04. The summed E-state index contributed by atoms with van der Waals surface area (Å²) in [7, 11) is -3.68. The van der Waals surface area contributed by atoms with Crippen molar-refractivity contribution in [3.63, 3.8) is 0 Å². The van der Waals surface area contributed by atoms with Gasteiger partial charge in [0, 0.05) is 18.8 Å². The van der Waals surface area contributed by atoms with Crippen molar-refractivity contribution < 1.29 is 12.6 Å². The van der Waals surface area contributed by atoms with Crippen LogP contribution < -0.4 is 4.90 Å². The molecule has 0 amide bonds. The molecule has 0 aromatic heterocycles. The summed E-state index contributed by atoms with van der Waals surface area (Å²) in [6, 6.07) is 15.4. The molecule has 0 saturated carbocycles. The van der Waals surface area contributed by atoms with Crippen LogP contribution in [0.2, 0.25) is 0 Å². The zero-order valence-corrected chi connectivity index (χ0v) is 18.0. The molecule has 0 atom stereocenters. The van der Waals surface area contributed by atoms with Gasteiger partial charge in [-0.1, -0.05) is 59.2 Å². The summed E-state index contributed by atoms with van der Waals surface area (Å²) in [5, 5.41) is 0. The second kappa shape index (κ2) is 9.90. The van der Waals surface area contributed by atoms with Gasteiger partial charge < -0.3 is 4.90 Å². The van der Waals surface area contributed by atoms with Crippen LogP contribution in [0.1, 0.15) is 30.4 Å². The van der Waals surface area contributed by atoms with Crippen molar-refractivity contribution in [2.24, 2.45) is 0 Å². The number of hydrogen-bond acceptors (Lipinski definition) is 4. The second-order valence-corrected chi connectivity index (χ2v) is 9.04. The van der Waals surface area contributed by atoms with Crippen LogP contribution in [0, 0.1) is 13.8 Å². The van der Waals surface area contributed by atoms with Crippen LogP contribution >= 0.6 is 0 Å². The van der Waals surface area contributed by atoms with Crippen LogP contribution in [0.3, 0.4) is 0 Å². The number of aryl methyl sites for hydroxylation is 2. The van der Waals surface area contributed by atoms with Crippen molar-refractivity contribution in [1.82, 2.24) is 0 Å². The lowest BCUT2D eigenvalue weighted by atomic mass is 10.1. The third kappa shape index (κ3) is 6.31. The molecule has 2 aromatic rings. The van der Waals surface area contributed by atoms with Crippen molar-refractivity contribution in [2.45, 2.75) is 38.0 Å². The highest BCUT2D eigenvalue weighted by atomic mass is 32.2. The highest BCUT2D eigenvalue weighted by molar-refractivity contribution is 7.86. The standard InChI is InChI=1S/C24H29NO3S/c1-20-8-12-23(13-9-20)25-17-5-7-22(16-18-25)6-3-4-19-28-29(26,27)24-14-10-21(2)11-15-24/h3,6-15H,4-5,16-19H2,1-2H3/b6-3+. The molecule has 3 rings (SSSR count). The Morgan fingerprint density at radius 1 is 0.966 bits per heavy atom. The minimum atomic E-state index is -3.68. The molecule has 2 aromatic carbocycles. The van der Waals surface area contributed by atoms with E-state index in [1.54, 1.807) is 24.3 Å². The Morgan fingerprint density at radius 2 is 1.62 bits per heavy atom. The van der Waals surface area contributed by atoms with E-state index in [0.29, 0.717) is 6.42 Å².